The molecule has 1 amide bonds. The van der Waals surface area contributed by atoms with E-state index in [0.29, 0.717) is 5.75 Å². The van der Waals surface area contributed by atoms with Crippen molar-refractivity contribution in [1.82, 2.24) is 25.1 Å². The number of aryl methyl sites for hydroxylation is 1. The SMILES string of the molecule is CC[C@@]1(C(=O)N(C)C)CCc2c(sc3ncnc(Nc4cc5cn[nH]c5cc4OC)c23)C1. The summed E-state index contributed by atoms with van der Waals surface area (Å²) in [4.78, 5) is 26.0. The Morgan fingerprint density at radius 3 is 2.94 bits per heavy atom. The summed E-state index contributed by atoms with van der Waals surface area (Å²) in [6.45, 7) is 2.12. The number of benzene rings is 1. The first-order valence-electron chi connectivity index (χ1n) is 10.7. The highest BCUT2D eigenvalue weighted by Gasteiger charge is 2.42. The number of hydrogen-bond acceptors (Lipinski definition) is 7. The predicted molar refractivity (Wildman–Crippen MR) is 127 cm³/mol. The Kier molecular flexibility index (Phi) is 5.00. The van der Waals surface area contributed by atoms with Crippen molar-refractivity contribution in [1.29, 1.82) is 0 Å². The Bertz CT molecular complexity index is 1330. The van der Waals surface area contributed by atoms with Gasteiger partial charge in [-0.2, -0.15) is 5.10 Å². The molecule has 8 nitrogen and oxygen atoms in total. The number of fused-ring (bicyclic) bond motifs is 4. The summed E-state index contributed by atoms with van der Waals surface area (Å²) >= 11 is 1.68. The molecule has 0 fully saturated rings. The van der Waals surface area contributed by atoms with Crippen LogP contribution in [0, 0.1) is 5.41 Å². The third-order valence-electron chi connectivity index (χ3n) is 6.57. The summed E-state index contributed by atoms with van der Waals surface area (Å²) in [5.74, 6) is 1.68. The van der Waals surface area contributed by atoms with E-state index in [-0.39, 0.29) is 11.3 Å². The number of H-pyrrole nitrogens is 1. The average molecular weight is 451 g/mol. The largest absolute Gasteiger partial charge is 0.494 e. The van der Waals surface area contributed by atoms with E-state index in [1.165, 1.54) is 10.4 Å². The van der Waals surface area contributed by atoms with E-state index in [2.05, 4.69) is 32.4 Å². The zero-order valence-electron chi connectivity index (χ0n) is 18.7. The maximum absolute atomic E-state index is 13.0. The summed E-state index contributed by atoms with van der Waals surface area (Å²) < 4.78 is 5.60. The first kappa shape index (κ1) is 20.7. The summed E-state index contributed by atoms with van der Waals surface area (Å²) in [6.07, 6.45) is 6.62. The molecule has 4 aromatic rings. The van der Waals surface area contributed by atoms with Gasteiger partial charge in [-0.3, -0.25) is 9.89 Å². The van der Waals surface area contributed by atoms with E-state index in [1.807, 2.05) is 26.2 Å². The van der Waals surface area contributed by atoms with Crippen molar-refractivity contribution in [2.75, 3.05) is 26.5 Å². The number of carbonyl (C=O) groups is 1. The van der Waals surface area contributed by atoms with Crippen LogP contribution in [0.2, 0.25) is 0 Å². The van der Waals surface area contributed by atoms with Gasteiger partial charge in [0.25, 0.3) is 0 Å². The fourth-order valence-electron chi connectivity index (χ4n) is 4.77. The van der Waals surface area contributed by atoms with Gasteiger partial charge in [-0.25, -0.2) is 9.97 Å². The van der Waals surface area contributed by atoms with Crippen molar-refractivity contribution >= 4 is 49.9 Å². The van der Waals surface area contributed by atoms with Crippen molar-refractivity contribution in [2.45, 2.75) is 32.6 Å². The minimum atomic E-state index is -0.339. The lowest BCUT2D eigenvalue weighted by molar-refractivity contribution is -0.140. The standard InChI is InChI=1S/C23H26N6O2S/c1-5-23(22(30)29(2)3)7-6-14-18(10-23)32-21-19(14)20(24-12-25-21)27-16-8-13-11-26-28-15(13)9-17(16)31-4/h8-9,11-12H,5-7,10H2,1-4H3,(H,26,28)(H,24,25,27)/t23-/m1/s1. The van der Waals surface area contributed by atoms with Gasteiger partial charge < -0.3 is 15.0 Å². The van der Waals surface area contributed by atoms with Gasteiger partial charge in [-0.1, -0.05) is 6.92 Å². The zero-order chi connectivity index (χ0) is 22.5. The number of amides is 1. The average Bonchev–Trinajstić information content (AvgIpc) is 3.41. The number of nitrogens with zero attached hydrogens (tertiary/aromatic N) is 4. The van der Waals surface area contributed by atoms with Crippen LogP contribution in [-0.2, 0) is 17.6 Å². The smallest absolute Gasteiger partial charge is 0.228 e. The van der Waals surface area contributed by atoms with Gasteiger partial charge in [0.05, 0.1) is 35.3 Å². The van der Waals surface area contributed by atoms with Gasteiger partial charge in [0.1, 0.15) is 22.7 Å². The number of anilines is 2. The molecule has 1 aliphatic carbocycles. The number of aromatic amines is 1. The fourth-order valence-corrected chi connectivity index (χ4v) is 6.11. The van der Waals surface area contributed by atoms with Crippen LogP contribution in [0.4, 0.5) is 11.5 Å². The zero-order valence-corrected chi connectivity index (χ0v) is 19.5. The second-order valence-corrected chi connectivity index (χ2v) is 9.63. The van der Waals surface area contributed by atoms with Gasteiger partial charge in [0, 0.05) is 30.4 Å². The van der Waals surface area contributed by atoms with E-state index in [4.69, 9.17) is 4.74 Å². The maximum atomic E-state index is 13.0. The van der Waals surface area contributed by atoms with E-state index >= 15 is 0 Å². The Morgan fingerprint density at radius 1 is 1.34 bits per heavy atom. The molecule has 1 aromatic carbocycles. The summed E-state index contributed by atoms with van der Waals surface area (Å²) in [5, 5.41) is 12.6. The van der Waals surface area contributed by atoms with E-state index in [9.17, 15) is 4.79 Å². The van der Waals surface area contributed by atoms with Crippen LogP contribution in [0.25, 0.3) is 21.1 Å². The van der Waals surface area contributed by atoms with E-state index < -0.39 is 0 Å². The third-order valence-corrected chi connectivity index (χ3v) is 7.71. The highest BCUT2D eigenvalue weighted by Crippen LogP contribution is 2.47. The Morgan fingerprint density at radius 2 is 2.19 bits per heavy atom. The van der Waals surface area contributed by atoms with Crippen LogP contribution in [0.15, 0.2) is 24.7 Å². The van der Waals surface area contributed by atoms with Gasteiger partial charge in [-0.15, -0.1) is 11.3 Å². The van der Waals surface area contributed by atoms with Crippen LogP contribution in [0.3, 0.4) is 0 Å². The van der Waals surface area contributed by atoms with Crippen LogP contribution in [-0.4, -0.2) is 52.2 Å². The number of carbonyl (C=O) groups excluding carboxylic acids is 1. The molecule has 0 spiro atoms. The Labute approximate surface area is 190 Å². The van der Waals surface area contributed by atoms with Crippen LogP contribution < -0.4 is 10.1 Å². The number of rotatable bonds is 5. The second kappa shape index (κ2) is 7.74. The minimum absolute atomic E-state index is 0.214. The van der Waals surface area contributed by atoms with Crippen LogP contribution in [0.1, 0.15) is 30.2 Å². The van der Waals surface area contributed by atoms with Gasteiger partial charge in [0.2, 0.25) is 5.91 Å². The molecule has 0 bridgehead atoms. The number of aromatic nitrogens is 4. The van der Waals surface area contributed by atoms with Crippen LogP contribution >= 0.6 is 11.3 Å². The van der Waals surface area contributed by atoms with Crippen molar-refractivity contribution in [3.8, 4) is 5.75 Å². The molecule has 32 heavy (non-hydrogen) atoms. The molecule has 3 heterocycles. The predicted octanol–water partition coefficient (Wildman–Crippen LogP) is 4.29. The molecular formula is C23H26N6O2S. The van der Waals surface area contributed by atoms with Gasteiger partial charge in [-0.05, 0) is 37.3 Å². The van der Waals surface area contributed by atoms with Crippen molar-refractivity contribution in [3.05, 3.63) is 35.1 Å². The molecule has 0 unspecified atom stereocenters. The molecule has 2 N–H and O–H groups in total. The summed E-state index contributed by atoms with van der Waals surface area (Å²) in [6, 6.07) is 3.93. The number of thiophene rings is 1. The van der Waals surface area contributed by atoms with Gasteiger partial charge in [0.15, 0.2) is 0 Å². The molecule has 3 aromatic heterocycles. The topological polar surface area (TPSA) is 96.0 Å². The number of nitrogens with one attached hydrogen (secondary N) is 2. The van der Waals surface area contributed by atoms with Crippen LogP contribution in [0.5, 0.6) is 5.75 Å². The van der Waals surface area contributed by atoms with Crippen molar-refractivity contribution in [3.63, 3.8) is 0 Å². The van der Waals surface area contributed by atoms with Gasteiger partial charge >= 0.3 is 0 Å². The van der Waals surface area contributed by atoms with E-state index in [1.54, 1.807) is 35.9 Å². The maximum Gasteiger partial charge on any atom is 0.228 e. The normalized spacial score (nSPS) is 18.0. The third kappa shape index (κ3) is 3.19. The first-order valence-corrected chi connectivity index (χ1v) is 11.5. The quantitative estimate of drug-likeness (QED) is 0.471. The number of ether oxygens (including phenoxy) is 1. The highest BCUT2D eigenvalue weighted by molar-refractivity contribution is 7.19. The molecule has 166 valence electrons. The molecule has 0 radical (unpaired) electrons. The molecule has 5 rings (SSSR count). The fraction of sp³-hybridized carbons (Fsp3) is 0.391. The van der Waals surface area contributed by atoms with E-state index in [0.717, 1.165) is 58.3 Å². The molecule has 1 aliphatic rings. The second-order valence-electron chi connectivity index (χ2n) is 8.55. The molecule has 0 saturated heterocycles. The lowest BCUT2D eigenvalue weighted by atomic mass is 9.71. The lowest BCUT2D eigenvalue weighted by Crippen LogP contribution is -2.43. The van der Waals surface area contributed by atoms with Crippen molar-refractivity contribution < 1.29 is 9.53 Å². The Hall–Kier alpha value is -3.20. The monoisotopic (exact) mass is 450 g/mol. The molecule has 0 saturated carbocycles. The van der Waals surface area contributed by atoms with Crippen molar-refractivity contribution in [2.24, 2.45) is 5.41 Å². The summed E-state index contributed by atoms with van der Waals surface area (Å²) in [7, 11) is 5.34. The Balaban J connectivity index is 1.57. The lowest BCUT2D eigenvalue weighted by Gasteiger charge is -2.37. The number of hydrogen-bond donors (Lipinski definition) is 2. The highest BCUT2D eigenvalue weighted by atomic mass is 32.1. The molecule has 1 atom stereocenters. The first-order chi connectivity index (χ1) is 15.5. The minimum Gasteiger partial charge on any atom is -0.494 e. The molecular weight excluding hydrogens is 424 g/mol. The molecule has 9 heteroatoms. The summed E-state index contributed by atoms with van der Waals surface area (Å²) in [5.41, 5.74) is 2.65. The molecule has 0 aliphatic heterocycles. The number of methoxy groups -OCH3 is 1.